The second-order valence-corrected chi connectivity index (χ2v) is 6.32. The normalized spacial score (nSPS) is 14.7. The van der Waals surface area contributed by atoms with Crippen LogP contribution in [0.1, 0.15) is 50.0 Å². The minimum Gasteiger partial charge on any atom is -0.441 e. The molecule has 23 heavy (non-hydrogen) atoms. The van der Waals surface area contributed by atoms with Crippen LogP contribution < -0.4 is 5.32 Å². The van der Waals surface area contributed by atoms with E-state index in [1.54, 1.807) is 0 Å². The maximum Gasteiger partial charge on any atom is 0.220 e. The van der Waals surface area contributed by atoms with Gasteiger partial charge in [0, 0.05) is 19.4 Å². The molecule has 0 unspecified atom stereocenters. The van der Waals surface area contributed by atoms with Crippen LogP contribution >= 0.6 is 0 Å². The number of carbonyl (C=O) groups is 1. The van der Waals surface area contributed by atoms with Gasteiger partial charge >= 0.3 is 0 Å². The van der Waals surface area contributed by atoms with Gasteiger partial charge < -0.3 is 9.73 Å². The van der Waals surface area contributed by atoms with E-state index in [0.29, 0.717) is 25.3 Å². The Balaban J connectivity index is 1.42. The molecule has 4 heteroatoms. The van der Waals surface area contributed by atoms with Gasteiger partial charge in [-0.05, 0) is 56.7 Å². The number of rotatable bonds is 6. The Labute approximate surface area is 137 Å². The van der Waals surface area contributed by atoms with Crippen molar-refractivity contribution in [2.45, 2.75) is 51.9 Å². The fourth-order valence-electron chi connectivity index (χ4n) is 2.96. The molecule has 0 spiro atoms. The van der Waals surface area contributed by atoms with E-state index in [1.807, 2.05) is 25.1 Å². The monoisotopic (exact) mass is 312 g/mol. The Morgan fingerprint density at radius 3 is 3.09 bits per heavy atom. The molecular weight excluding hydrogens is 288 g/mol. The third kappa shape index (κ3) is 4.44. The fourth-order valence-corrected chi connectivity index (χ4v) is 2.96. The molecule has 1 heterocycles. The number of oxazole rings is 1. The van der Waals surface area contributed by atoms with E-state index in [4.69, 9.17) is 4.42 Å². The van der Waals surface area contributed by atoms with Gasteiger partial charge in [0.1, 0.15) is 5.52 Å². The number of benzene rings is 1. The third-order valence-electron chi connectivity index (χ3n) is 4.28. The van der Waals surface area contributed by atoms with Gasteiger partial charge in [0.05, 0.1) is 0 Å². The zero-order chi connectivity index (χ0) is 16.1. The lowest BCUT2D eigenvalue weighted by Gasteiger charge is -2.13. The van der Waals surface area contributed by atoms with Crippen molar-refractivity contribution in [1.82, 2.24) is 10.3 Å². The number of fused-ring (bicyclic) bond motifs is 1. The Kier molecular flexibility index (Phi) is 5.11. The van der Waals surface area contributed by atoms with Gasteiger partial charge in [-0.25, -0.2) is 4.98 Å². The van der Waals surface area contributed by atoms with Crippen LogP contribution in [0.15, 0.2) is 34.3 Å². The van der Waals surface area contributed by atoms with Crippen molar-refractivity contribution in [1.29, 1.82) is 0 Å². The standard InChI is InChI=1S/C19H24N2O2/c1-14-10-11-17-16(12-14)21-19(23-17)9-5-8-18(22)20-13-15-6-3-2-4-7-15/h6,10-12H,2-5,7-9,13H2,1H3,(H,20,22). The molecule has 1 aliphatic carbocycles. The lowest BCUT2D eigenvalue weighted by atomic mass is 10.00. The summed E-state index contributed by atoms with van der Waals surface area (Å²) in [6.07, 6.45) is 9.06. The number of aryl methyl sites for hydroxylation is 2. The summed E-state index contributed by atoms with van der Waals surface area (Å²) >= 11 is 0. The molecule has 2 aromatic rings. The zero-order valence-electron chi connectivity index (χ0n) is 13.7. The fraction of sp³-hybridized carbons (Fsp3) is 0.474. The van der Waals surface area contributed by atoms with E-state index in [0.717, 1.165) is 30.4 Å². The number of nitrogens with one attached hydrogen (secondary N) is 1. The van der Waals surface area contributed by atoms with Crippen LogP contribution in [-0.4, -0.2) is 17.4 Å². The molecule has 0 bridgehead atoms. The van der Waals surface area contributed by atoms with Crippen LogP contribution in [0.4, 0.5) is 0 Å². The number of nitrogens with zero attached hydrogens (tertiary/aromatic N) is 1. The Morgan fingerprint density at radius 1 is 1.35 bits per heavy atom. The molecule has 1 aromatic heterocycles. The molecule has 1 amide bonds. The maximum absolute atomic E-state index is 11.9. The molecule has 0 saturated carbocycles. The summed E-state index contributed by atoms with van der Waals surface area (Å²) < 4.78 is 5.71. The predicted molar refractivity (Wildman–Crippen MR) is 91.2 cm³/mol. The van der Waals surface area contributed by atoms with Gasteiger partial charge in [0.25, 0.3) is 0 Å². The van der Waals surface area contributed by atoms with Crippen LogP contribution in [0.2, 0.25) is 0 Å². The second-order valence-electron chi connectivity index (χ2n) is 6.32. The van der Waals surface area contributed by atoms with E-state index >= 15 is 0 Å². The van der Waals surface area contributed by atoms with Crippen molar-refractivity contribution in [2.24, 2.45) is 0 Å². The Morgan fingerprint density at radius 2 is 2.26 bits per heavy atom. The summed E-state index contributed by atoms with van der Waals surface area (Å²) in [6.45, 7) is 2.75. The molecule has 122 valence electrons. The molecule has 0 radical (unpaired) electrons. The largest absolute Gasteiger partial charge is 0.441 e. The second kappa shape index (κ2) is 7.44. The molecule has 0 fully saturated rings. The van der Waals surface area contributed by atoms with Crippen molar-refractivity contribution >= 4 is 17.0 Å². The topological polar surface area (TPSA) is 55.1 Å². The number of aromatic nitrogens is 1. The maximum atomic E-state index is 11.9. The van der Waals surface area contributed by atoms with Crippen molar-refractivity contribution < 1.29 is 9.21 Å². The third-order valence-corrected chi connectivity index (χ3v) is 4.28. The Hall–Kier alpha value is -2.10. The molecule has 1 N–H and O–H groups in total. The van der Waals surface area contributed by atoms with Crippen molar-refractivity contribution in [3.63, 3.8) is 0 Å². The molecule has 0 atom stereocenters. The van der Waals surface area contributed by atoms with Gasteiger partial charge in [0.15, 0.2) is 11.5 Å². The predicted octanol–water partition coefficient (Wildman–Crippen LogP) is 4.08. The average molecular weight is 312 g/mol. The quantitative estimate of drug-likeness (QED) is 0.818. The first-order valence-corrected chi connectivity index (χ1v) is 8.51. The van der Waals surface area contributed by atoms with Gasteiger partial charge in [-0.1, -0.05) is 17.7 Å². The Bertz CT molecular complexity index is 715. The summed E-state index contributed by atoms with van der Waals surface area (Å²) in [5.74, 6) is 0.830. The highest BCUT2D eigenvalue weighted by molar-refractivity contribution is 5.76. The van der Waals surface area contributed by atoms with Gasteiger partial charge in [0.2, 0.25) is 5.91 Å². The molecule has 0 aliphatic heterocycles. The summed E-state index contributed by atoms with van der Waals surface area (Å²) in [6, 6.07) is 5.99. The molecule has 3 rings (SSSR count). The van der Waals surface area contributed by atoms with Crippen molar-refractivity contribution in [3.8, 4) is 0 Å². The van der Waals surface area contributed by atoms with Crippen LogP contribution in [0.25, 0.3) is 11.1 Å². The van der Waals surface area contributed by atoms with Crippen LogP contribution in [0, 0.1) is 6.92 Å². The van der Waals surface area contributed by atoms with E-state index in [1.165, 1.54) is 24.0 Å². The molecular formula is C19H24N2O2. The summed E-state index contributed by atoms with van der Waals surface area (Å²) in [5, 5.41) is 3.01. The van der Waals surface area contributed by atoms with E-state index in [9.17, 15) is 4.79 Å². The lowest BCUT2D eigenvalue weighted by molar-refractivity contribution is -0.121. The highest BCUT2D eigenvalue weighted by Gasteiger charge is 2.09. The highest BCUT2D eigenvalue weighted by Crippen LogP contribution is 2.18. The molecule has 4 nitrogen and oxygen atoms in total. The molecule has 1 aliphatic rings. The highest BCUT2D eigenvalue weighted by atomic mass is 16.3. The minimum atomic E-state index is 0.114. The minimum absolute atomic E-state index is 0.114. The van der Waals surface area contributed by atoms with Gasteiger partial charge in [-0.3, -0.25) is 4.79 Å². The van der Waals surface area contributed by atoms with Crippen molar-refractivity contribution in [3.05, 3.63) is 41.3 Å². The first-order valence-electron chi connectivity index (χ1n) is 8.51. The van der Waals surface area contributed by atoms with Crippen LogP contribution in [-0.2, 0) is 11.2 Å². The average Bonchev–Trinajstić information content (AvgIpc) is 2.95. The first kappa shape index (κ1) is 15.8. The number of amides is 1. The van der Waals surface area contributed by atoms with Gasteiger partial charge in [-0.15, -0.1) is 0 Å². The van der Waals surface area contributed by atoms with Crippen molar-refractivity contribution in [2.75, 3.05) is 6.54 Å². The molecule has 1 aromatic carbocycles. The number of allylic oxidation sites excluding steroid dienone is 1. The number of hydrogen-bond donors (Lipinski definition) is 1. The SMILES string of the molecule is Cc1ccc2oc(CCCC(=O)NCC3=CCCCC3)nc2c1. The lowest BCUT2D eigenvalue weighted by Crippen LogP contribution is -2.25. The van der Waals surface area contributed by atoms with E-state index < -0.39 is 0 Å². The van der Waals surface area contributed by atoms with Crippen LogP contribution in [0.5, 0.6) is 0 Å². The summed E-state index contributed by atoms with van der Waals surface area (Å²) in [7, 11) is 0. The summed E-state index contributed by atoms with van der Waals surface area (Å²) in [5.41, 5.74) is 4.26. The molecule has 0 saturated heterocycles. The van der Waals surface area contributed by atoms with E-state index in [-0.39, 0.29) is 5.91 Å². The first-order chi connectivity index (χ1) is 11.2. The number of hydrogen-bond acceptors (Lipinski definition) is 3. The summed E-state index contributed by atoms with van der Waals surface area (Å²) in [4.78, 5) is 16.4. The van der Waals surface area contributed by atoms with E-state index in [2.05, 4.69) is 16.4 Å². The van der Waals surface area contributed by atoms with Gasteiger partial charge in [-0.2, -0.15) is 0 Å². The zero-order valence-corrected chi connectivity index (χ0v) is 13.7. The number of carbonyl (C=O) groups excluding carboxylic acids is 1. The van der Waals surface area contributed by atoms with Crippen LogP contribution in [0.3, 0.4) is 0 Å². The smallest absolute Gasteiger partial charge is 0.220 e.